The molecule has 0 saturated carbocycles. The third-order valence-electron chi connectivity index (χ3n) is 3.69. The first-order chi connectivity index (χ1) is 10.3. The third-order valence-corrected chi connectivity index (χ3v) is 3.69. The number of hydrogen-bond acceptors (Lipinski definition) is 4. The Morgan fingerprint density at radius 3 is 2.27 bits per heavy atom. The topological polar surface area (TPSA) is 87.7 Å². The van der Waals surface area contributed by atoms with Crippen LogP contribution in [0.3, 0.4) is 0 Å². The second kappa shape index (κ2) is 8.00. The summed E-state index contributed by atoms with van der Waals surface area (Å²) in [5.74, 6) is -0.431. The first-order valence-electron chi connectivity index (χ1n) is 7.69. The molecule has 1 aliphatic heterocycles. The fourth-order valence-electron chi connectivity index (χ4n) is 2.47. The molecule has 1 aliphatic rings. The Balaban J connectivity index is 2.65. The molecule has 0 bridgehead atoms. The van der Waals surface area contributed by atoms with E-state index in [-0.39, 0.29) is 29.7 Å². The summed E-state index contributed by atoms with van der Waals surface area (Å²) in [4.78, 5) is 37.6. The molecule has 7 nitrogen and oxygen atoms in total. The van der Waals surface area contributed by atoms with Gasteiger partial charge in [-0.05, 0) is 26.2 Å². The van der Waals surface area contributed by atoms with Gasteiger partial charge in [-0.3, -0.25) is 9.59 Å². The lowest BCUT2D eigenvalue weighted by Crippen LogP contribution is -2.51. The standard InChI is InChI=1S/C15H27N3O4/c1-9(2)12(17-15(21)22-5)14(20)18-7-6-11(8-18)13(19)16-10(3)4/h9-12H,6-8H2,1-5H3,(H,16,19)(H,17,21)/t11-,12+/m1/s1. The predicted octanol–water partition coefficient (Wildman–Crippen LogP) is 0.740. The molecule has 0 radical (unpaired) electrons. The van der Waals surface area contributed by atoms with Gasteiger partial charge in [-0.25, -0.2) is 4.79 Å². The molecule has 1 rings (SSSR count). The molecule has 1 fully saturated rings. The highest BCUT2D eigenvalue weighted by molar-refractivity contribution is 5.87. The average Bonchev–Trinajstić information content (AvgIpc) is 2.92. The highest BCUT2D eigenvalue weighted by Gasteiger charge is 2.35. The van der Waals surface area contributed by atoms with Crippen molar-refractivity contribution in [3.8, 4) is 0 Å². The molecule has 2 N–H and O–H groups in total. The van der Waals surface area contributed by atoms with E-state index in [0.717, 1.165) is 0 Å². The van der Waals surface area contributed by atoms with Crippen molar-refractivity contribution < 1.29 is 19.1 Å². The van der Waals surface area contributed by atoms with E-state index in [0.29, 0.717) is 19.5 Å². The molecule has 2 atom stereocenters. The molecule has 0 unspecified atom stereocenters. The first-order valence-corrected chi connectivity index (χ1v) is 7.69. The number of amides is 3. The SMILES string of the molecule is COC(=O)N[C@H](C(=O)N1CC[C@@H](C(=O)NC(C)C)C1)C(C)C. The van der Waals surface area contributed by atoms with E-state index in [1.807, 2.05) is 27.7 Å². The number of carbonyl (C=O) groups excluding carboxylic acids is 3. The van der Waals surface area contributed by atoms with Gasteiger partial charge in [0.15, 0.2) is 0 Å². The van der Waals surface area contributed by atoms with E-state index in [1.54, 1.807) is 4.90 Å². The maximum Gasteiger partial charge on any atom is 0.407 e. The minimum Gasteiger partial charge on any atom is -0.453 e. The Kier molecular flexibility index (Phi) is 6.64. The Morgan fingerprint density at radius 2 is 1.77 bits per heavy atom. The summed E-state index contributed by atoms with van der Waals surface area (Å²) in [7, 11) is 1.26. The number of rotatable bonds is 5. The summed E-state index contributed by atoms with van der Waals surface area (Å²) < 4.78 is 4.56. The van der Waals surface area contributed by atoms with Crippen molar-refractivity contribution in [3.63, 3.8) is 0 Å². The summed E-state index contributed by atoms with van der Waals surface area (Å²) in [5.41, 5.74) is 0. The van der Waals surface area contributed by atoms with E-state index < -0.39 is 12.1 Å². The van der Waals surface area contributed by atoms with Crippen LogP contribution in [0.4, 0.5) is 4.79 Å². The van der Waals surface area contributed by atoms with Crippen LogP contribution in [-0.2, 0) is 14.3 Å². The molecular weight excluding hydrogens is 286 g/mol. The second-order valence-corrected chi connectivity index (χ2v) is 6.29. The van der Waals surface area contributed by atoms with Crippen molar-refractivity contribution in [3.05, 3.63) is 0 Å². The Morgan fingerprint density at radius 1 is 1.14 bits per heavy atom. The lowest BCUT2D eigenvalue weighted by atomic mass is 10.0. The molecule has 0 aromatic heterocycles. The number of methoxy groups -OCH3 is 1. The highest BCUT2D eigenvalue weighted by atomic mass is 16.5. The van der Waals surface area contributed by atoms with E-state index in [4.69, 9.17) is 0 Å². The van der Waals surface area contributed by atoms with Gasteiger partial charge in [-0.2, -0.15) is 0 Å². The quantitative estimate of drug-likeness (QED) is 0.783. The molecular formula is C15H27N3O4. The largest absolute Gasteiger partial charge is 0.453 e. The lowest BCUT2D eigenvalue weighted by molar-refractivity contribution is -0.133. The van der Waals surface area contributed by atoms with Crippen LogP contribution in [0.5, 0.6) is 0 Å². The van der Waals surface area contributed by atoms with Crippen molar-refractivity contribution in [2.24, 2.45) is 11.8 Å². The van der Waals surface area contributed by atoms with Gasteiger partial charge in [0.2, 0.25) is 11.8 Å². The van der Waals surface area contributed by atoms with Gasteiger partial charge in [0.1, 0.15) is 6.04 Å². The molecule has 0 aliphatic carbocycles. The van der Waals surface area contributed by atoms with Gasteiger partial charge in [0.25, 0.3) is 0 Å². The zero-order valence-electron chi connectivity index (χ0n) is 14.0. The van der Waals surface area contributed by atoms with E-state index in [9.17, 15) is 14.4 Å². The van der Waals surface area contributed by atoms with E-state index >= 15 is 0 Å². The average molecular weight is 313 g/mol. The zero-order chi connectivity index (χ0) is 16.9. The van der Waals surface area contributed by atoms with Crippen LogP contribution in [0.15, 0.2) is 0 Å². The minimum atomic E-state index is -0.639. The maximum atomic E-state index is 12.6. The van der Waals surface area contributed by atoms with Crippen molar-refractivity contribution in [1.29, 1.82) is 0 Å². The van der Waals surface area contributed by atoms with Gasteiger partial charge < -0.3 is 20.3 Å². The summed E-state index contributed by atoms with van der Waals surface area (Å²) in [6.07, 6.45) is 0.0215. The normalized spacial score (nSPS) is 19.2. The predicted molar refractivity (Wildman–Crippen MR) is 82.1 cm³/mol. The monoisotopic (exact) mass is 313 g/mol. The molecule has 0 aromatic carbocycles. The Bertz CT molecular complexity index is 423. The minimum absolute atomic E-state index is 0.0210. The van der Waals surface area contributed by atoms with Crippen molar-refractivity contribution in [2.75, 3.05) is 20.2 Å². The van der Waals surface area contributed by atoms with Crippen LogP contribution in [-0.4, -0.2) is 55.1 Å². The van der Waals surface area contributed by atoms with Gasteiger partial charge in [0, 0.05) is 19.1 Å². The van der Waals surface area contributed by atoms with Crippen molar-refractivity contribution >= 4 is 17.9 Å². The molecule has 126 valence electrons. The summed E-state index contributed by atoms with van der Waals surface area (Å²) in [6.45, 7) is 8.45. The molecule has 1 saturated heterocycles. The Hall–Kier alpha value is -1.79. The number of likely N-dealkylation sites (tertiary alicyclic amines) is 1. The van der Waals surface area contributed by atoms with Gasteiger partial charge in [-0.1, -0.05) is 13.8 Å². The highest BCUT2D eigenvalue weighted by Crippen LogP contribution is 2.19. The number of ether oxygens (including phenoxy) is 1. The van der Waals surface area contributed by atoms with Crippen LogP contribution in [0.25, 0.3) is 0 Å². The molecule has 0 spiro atoms. The lowest BCUT2D eigenvalue weighted by Gasteiger charge is -2.26. The van der Waals surface area contributed by atoms with Crippen LogP contribution in [0, 0.1) is 11.8 Å². The van der Waals surface area contributed by atoms with Crippen LogP contribution < -0.4 is 10.6 Å². The summed E-state index contributed by atoms with van der Waals surface area (Å²) >= 11 is 0. The zero-order valence-corrected chi connectivity index (χ0v) is 14.0. The van der Waals surface area contributed by atoms with Crippen LogP contribution in [0.1, 0.15) is 34.1 Å². The van der Waals surface area contributed by atoms with Gasteiger partial charge in [-0.15, -0.1) is 0 Å². The maximum absolute atomic E-state index is 12.6. The number of nitrogens with zero attached hydrogens (tertiary/aromatic N) is 1. The van der Waals surface area contributed by atoms with Crippen molar-refractivity contribution in [2.45, 2.75) is 46.2 Å². The molecule has 1 heterocycles. The summed E-state index contributed by atoms with van der Waals surface area (Å²) in [5, 5.41) is 5.44. The summed E-state index contributed by atoms with van der Waals surface area (Å²) in [6, 6.07) is -0.555. The van der Waals surface area contributed by atoms with E-state index in [2.05, 4.69) is 15.4 Å². The first kappa shape index (κ1) is 18.3. The number of nitrogens with one attached hydrogen (secondary N) is 2. The van der Waals surface area contributed by atoms with Crippen LogP contribution in [0.2, 0.25) is 0 Å². The van der Waals surface area contributed by atoms with Crippen LogP contribution >= 0.6 is 0 Å². The van der Waals surface area contributed by atoms with E-state index in [1.165, 1.54) is 7.11 Å². The second-order valence-electron chi connectivity index (χ2n) is 6.29. The van der Waals surface area contributed by atoms with Gasteiger partial charge in [0.05, 0.1) is 13.0 Å². The fourth-order valence-corrected chi connectivity index (χ4v) is 2.47. The molecule has 7 heteroatoms. The Labute approximate surface area is 131 Å². The van der Waals surface area contributed by atoms with Crippen molar-refractivity contribution in [1.82, 2.24) is 15.5 Å². The molecule has 3 amide bonds. The number of carbonyl (C=O) groups is 3. The molecule has 22 heavy (non-hydrogen) atoms. The third kappa shape index (κ3) is 4.89. The van der Waals surface area contributed by atoms with Gasteiger partial charge >= 0.3 is 6.09 Å². The smallest absolute Gasteiger partial charge is 0.407 e. The number of alkyl carbamates (subject to hydrolysis) is 1. The fraction of sp³-hybridized carbons (Fsp3) is 0.800. The molecule has 0 aromatic rings. The number of hydrogen-bond donors (Lipinski definition) is 2.